The molecule has 2 aromatic carbocycles. The van der Waals surface area contributed by atoms with E-state index in [4.69, 9.17) is 0 Å². The fraction of sp³-hybridized carbons (Fsp3) is 0.238. The summed E-state index contributed by atoms with van der Waals surface area (Å²) in [5.74, 6) is -0.165. The average Bonchev–Trinajstić information content (AvgIpc) is 2.96. The Hall–Kier alpha value is -3.08. The first-order chi connectivity index (χ1) is 12.7. The molecule has 0 bridgehead atoms. The minimum atomic E-state index is -0.257. The van der Waals surface area contributed by atoms with E-state index in [0.29, 0.717) is 23.5 Å². The van der Waals surface area contributed by atoms with Crippen LogP contribution in [-0.2, 0) is 4.79 Å². The maximum Gasteiger partial charge on any atom is 0.319 e. The van der Waals surface area contributed by atoms with Crippen LogP contribution in [0.3, 0.4) is 0 Å². The monoisotopic (exact) mass is 349 g/mol. The number of benzene rings is 2. The van der Waals surface area contributed by atoms with Crippen LogP contribution in [0.5, 0.6) is 0 Å². The van der Waals surface area contributed by atoms with Crippen molar-refractivity contribution in [3.8, 4) is 0 Å². The molecule has 3 rings (SSSR count). The normalized spacial score (nSPS) is 14.0. The summed E-state index contributed by atoms with van der Waals surface area (Å²) in [6, 6.07) is 14.9. The minimum absolute atomic E-state index is 0.165. The van der Waals surface area contributed by atoms with Gasteiger partial charge in [0.25, 0.3) is 5.91 Å². The standard InChI is InChI=1S/C21H23N3O2/c1-2-3-7-13-22-21(26)24-18-12-8-11-17-19(18)16(20(25)23-17)14-15-9-5-4-6-10-15/h4-6,8-12,14H,2-3,7,13H2,1H3,(H,23,25)(H2,22,24,26). The summed E-state index contributed by atoms with van der Waals surface area (Å²) in [4.78, 5) is 24.6. The molecule has 1 heterocycles. The lowest BCUT2D eigenvalue weighted by Crippen LogP contribution is -2.29. The Morgan fingerprint density at radius 2 is 1.88 bits per heavy atom. The molecule has 2 aromatic rings. The van der Waals surface area contributed by atoms with Crippen LogP contribution in [0.25, 0.3) is 11.6 Å². The van der Waals surface area contributed by atoms with Crippen LogP contribution in [-0.4, -0.2) is 18.5 Å². The lowest BCUT2D eigenvalue weighted by molar-refractivity contribution is -0.110. The second-order valence-corrected chi connectivity index (χ2v) is 6.24. The number of carbonyl (C=O) groups is 2. The van der Waals surface area contributed by atoms with Crippen molar-refractivity contribution in [1.29, 1.82) is 0 Å². The minimum Gasteiger partial charge on any atom is -0.338 e. The highest BCUT2D eigenvalue weighted by molar-refractivity contribution is 6.36. The van der Waals surface area contributed by atoms with Crippen molar-refractivity contribution in [2.24, 2.45) is 0 Å². The van der Waals surface area contributed by atoms with Gasteiger partial charge < -0.3 is 16.0 Å². The summed E-state index contributed by atoms with van der Waals surface area (Å²) >= 11 is 0. The number of unbranched alkanes of at least 4 members (excludes halogenated alkanes) is 2. The smallest absolute Gasteiger partial charge is 0.319 e. The Balaban J connectivity index is 1.82. The van der Waals surface area contributed by atoms with Crippen LogP contribution in [0.2, 0.25) is 0 Å². The number of anilines is 2. The van der Waals surface area contributed by atoms with Crippen molar-refractivity contribution < 1.29 is 9.59 Å². The summed E-state index contributed by atoms with van der Waals surface area (Å²) in [5, 5.41) is 8.59. The van der Waals surface area contributed by atoms with Gasteiger partial charge in [0.15, 0.2) is 0 Å². The highest BCUT2D eigenvalue weighted by Gasteiger charge is 2.27. The molecule has 0 atom stereocenters. The lowest BCUT2D eigenvalue weighted by Gasteiger charge is -2.11. The molecule has 0 aromatic heterocycles. The third-order valence-electron chi connectivity index (χ3n) is 4.25. The molecule has 5 nitrogen and oxygen atoms in total. The summed E-state index contributed by atoms with van der Waals surface area (Å²) in [5.41, 5.74) is 3.54. The molecule has 3 amide bonds. The molecule has 26 heavy (non-hydrogen) atoms. The van der Waals surface area contributed by atoms with E-state index in [-0.39, 0.29) is 11.9 Å². The molecule has 0 saturated heterocycles. The summed E-state index contributed by atoms with van der Waals surface area (Å²) in [6.45, 7) is 2.76. The first-order valence-electron chi connectivity index (χ1n) is 8.95. The summed E-state index contributed by atoms with van der Waals surface area (Å²) < 4.78 is 0. The van der Waals surface area contributed by atoms with Crippen LogP contribution in [0, 0.1) is 0 Å². The van der Waals surface area contributed by atoms with Crippen molar-refractivity contribution in [3.05, 3.63) is 59.7 Å². The Labute approximate surface area is 153 Å². The van der Waals surface area contributed by atoms with E-state index in [1.807, 2.05) is 54.6 Å². The van der Waals surface area contributed by atoms with E-state index in [0.717, 1.165) is 30.4 Å². The molecule has 0 fully saturated rings. The number of amides is 3. The highest BCUT2D eigenvalue weighted by Crippen LogP contribution is 2.38. The fourth-order valence-corrected chi connectivity index (χ4v) is 2.95. The number of rotatable bonds is 6. The summed E-state index contributed by atoms with van der Waals surface area (Å²) in [6.07, 6.45) is 4.99. The van der Waals surface area contributed by atoms with E-state index in [1.54, 1.807) is 0 Å². The molecule has 1 aliphatic rings. The summed E-state index contributed by atoms with van der Waals surface area (Å²) in [7, 11) is 0. The van der Waals surface area contributed by atoms with E-state index >= 15 is 0 Å². The molecule has 0 saturated carbocycles. The Morgan fingerprint density at radius 3 is 2.65 bits per heavy atom. The van der Waals surface area contributed by atoms with Crippen molar-refractivity contribution in [2.45, 2.75) is 26.2 Å². The van der Waals surface area contributed by atoms with Crippen molar-refractivity contribution in [1.82, 2.24) is 5.32 Å². The molecule has 3 N–H and O–H groups in total. The van der Waals surface area contributed by atoms with E-state index in [1.165, 1.54) is 0 Å². The van der Waals surface area contributed by atoms with Crippen molar-refractivity contribution in [2.75, 3.05) is 17.2 Å². The van der Waals surface area contributed by atoms with E-state index < -0.39 is 0 Å². The predicted molar refractivity (Wildman–Crippen MR) is 106 cm³/mol. The Morgan fingerprint density at radius 1 is 1.08 bits per heavy atom. The molecule has 0 spiro atoms. The maximum absolute atomic E-state index is 12.4. The fourth-order valence-electron chi connectivity index (χ4n) is 2.95. The molecule has 1 aliphatic heterocycles. The Bertz CT molecular complexity index is 828. The van der Waals surface area contributed by atoms with Crippen molar-refractivity contribution >= 4 is 35.0 Å². The zero-order valence-corrected chi connectivity index (χ0v) is 14.8. The van der Waals surface area contributed by atoms with Gasteiger partial charge in [0, 0.05) is 12.1 Å². The van der Waals surface area contributed by atoms with Gasteiger partial charge in [0.05, 0.1) is 16.9 Å². The topological polar surface area (TPSA) is 70.2 Å². The molecular formula is C21H23N3O2. The van der Waals surface area contributed by atoms with E-state index in [2.05, 4.69) is 22.9 Å². The van der Waals surface area contributed by atoms with Gasteiger partial charge >= 0.3 is 6.03 Å². The maximum atomic E-state index is 12.4. The van der Waals surface area contributed by atoms with Crippen LogP contribution >= 0.6 is 0 Å². The van der Waals surface area contributed by atoms with Gasteiger partial charge in [-0.15, -0.1) is 0 Å². The van der Waals surface area contributed by atoms with Gasteiger partial charge in [-0.3, -0.25) is 4.79 Å². The SMILES string of the molecule is CCCCCNC(=O)Nc1cccc2c1C(=Cc1ccccc1)C(=O)N2. The first-order valence-corrected chi connectivity index (χ1v) is 8.95. The molecule has 134 valence electrons. The molecule has 0 unspecified atom stereocenters. The van der Waals surface area contributed by atoms with Gasteiger partial charge in [0.2, 0.25) is 0 Å². The van der Waals surface area contributed by atoms with Crippen LogP contribution < -0.4 is 16.0 Å². The zero-order chi connectivity index (χ0) is 18.4. The van der Waals surface area contributed by atoms with E-state index in [9.17, 15) is 9.59 Å². The van der Waals surface area contributed by atoms with Crippen molar-refractivity contribution in [3.63, 3.8) is 0 Å². The number of carbonyl (C=O) groups excluding carboxylic acids is 2. The lowest BCUT2D eigenvalue weighted by atomic mass is 10.0. The largest absolute Gasteiger partial charge is 0.338 e. The highest BCUT2D eigenvalue weighted by atomic mass is 16.2. The third kappa shape index (κ3) is 4.11. The quantitative estimate of drug-likeness (QED) is 0.531. The number of fused-ring (bicyclic) bond motifs is 1. The second kappa shape index (κ2) is 8.34. The third-order valence-corrected chi connectivity index (χ3v) is 4.25. The second-order valence-electron chi connectivity index (χ2n) is 6.24. The van der Waals surface area contributed by atoms with Gasteiger partial charge in [0.1, 0.15) is 0 Å². The van der Waals surface area contributed by atoms with Crippen LogP contribution in [0.4, 0.5) is 16.2 Å². The van der Waals surface area contributed by atoms with Gasteiger partial charge in [-0.1, -0.05) is 56.2 Å². The van der Waals surface area contributed by atoms with Gasteiger partial charge in [-0.2, -0.15) is 0 Å². The van der Waals surface area contributed by atoms with Crippen LogP contribution in [0.15, 0.2) is 48.5 Å². The Kier molecular flexibility index (Phi) is 5.69. The number of urea groups is 1. The van der Waals surface area contributed by atoms with Crippen LogP contribution in [0.1, 0.15) is 37.3 Å². The van der Waals surface area contributed by atoms with Gasteiger partial charge in [-0.25, -0.2) is 4.79 Å². The van der Waals surface area contributed by atoms with Gasteiger partial charge in [-0.05, 0) is 30.2 Å². The molecule has 5 heteroatoms. The number of hydrogen-bond donors (Lipinski definition) is 3. The first kappa shape index (κ1) is 17.7. The number of hydrogen-bond acceptors (Lipinski definition) is 2. The molecule has 0 aliphatic carbocycles. The average molecular weight is 349 g/mol. The number of nitrogens with one attached hydrogen (secondary N) is 3. The molecule has 0 radical (unpaired) electrons. The predicted octanol–water partition coefficient (Wildman–Crippen LogP) is 4.49. The molecular weight excluding hydrogens is 326 g/mol. The zero-order valence-electron chi connectivity index (χ0n) is 14.8.